The van der Waals surface area contributed by atoms with Crippen LogP contribution in [0.4, 0.5) is 13.2 Å². The second-order valence-corrected chi connectivity index (χ2v) is 4.19. The number of halogens is 4. The number of rotatable bonds is 3. The summed E-state index contributed by atoms with van der Waals surface area (Å²) in [7, 11) is 0. The fraction of sp³-hybridized carbons (Fsp3) is 0.300. The number of benzene rings is 1. The van der Waals surface area contributed by atoms with Gasteiger partial charge >= 0.3 is 12.1 Å². The van der Waals surface area contributed by atoms with E-state index in [0.717, 1.165) is 5.56 Å². The molecule has 0 aliphatic rings. The second kappa shape index (κ2) is 5.34. The average molecular weight is 296 g/mol. The van der Waals surface area contributed by atoms with Gasteiger partial charge in [0.15, 0.2) is 0 Å². The largest absolute Gasteiger partial charge is 0.471 e. The molecule has 1 N–H and O–H groups in total. The molecule has 0 fully saturated rings. The Morgan fingerprint density at radius 1 is 1.31 bits per heavy atom. The highest BCUT2D eigenvalue weighted by Crippen LogP contribution is 2.22. The first-order chi connectivity index (χ1) is 7.41. The highest BCUT2D eigenvalue weighted by molar-refractivity contribution is 9.09. The molecule has 1 aromatic carbocycles. The standard InChI is InChI=1S/C10H9BrF3NO/c11-8(7-4-2-1-3-5-7)6-15-9(16)10(12,13)14/h1-5,8H,6H2,(H,15,16). The molecule has 6 heteroatoms. The maximum absolute atomic E-state index is 11.9. The first-order valence-electron chi connectivity index (χ1n) is 4.45. The summed E-state index contributed by atoms with van der Waals surface area (Å²) in [6.45, 7) is -0.109. The minimum atomic E-state index is -4.83. The highest BCUT2D eigenvalue weighted by atomic mass is 79.9. The van der Waals surface area contributed by atoms with Crippen molar-refractivity contribution in [3.05, 3.63) is 35.9 Å². The Hall–Kier alpha value is -1.04. The van der Waals surface area contributed by atoms with Crippen molar-refractivity contribution in [3.63, 3.8) is 0 Å². The Morgan fingerprint density at radius 3 is 2.38 bits per heavy atom. The molecule has 1 aromatic rings. The van der Waals surface area contributed by atoms with Gasteiger partial charge in [0.25, 0.3) is 0 Å². The first kappa shape index (κ1) is 13.0. The van der Waals surface area contributed by atoms with E-state index < -0.39 is 12.1 Å². The van der Waals surface area contributed by atoms with Crippen LogP contribution in [0.3, 0.4) is 0 Å². The van der Waals surface area contributed by atoms with Gasteiger partial charge in [-0.15, -0.1) is 0 Å². The van der Waals surface area contributed by atoms with E-state index in [4.69, 9.17) is 0 Å². The summed E-state index contributed by atoms with van der Waals surface area (Å²) in [6, 6.07) is 8.88. The van der Waals surface area contributed by atoms with Gasteiger partial charge in [-0.25, -0.2) is 0 Å². The van der Waals surface area contributed by atoms with E-state index in [1.54, 1.807) is 30.3 Å². The van der Waals surface area contributed by atoms with Gasteiger partial charge in [-0.2, -0.15) is 13.2 Å². The lowest BCUT2D eigenvalue weighted by molar-refractivity contribution is -0.173. The Morgan fingerprint density at radius 2 is 1.88 bits per heavy atom. The van der Waals surface area contributed by atoms with E-state index in [9.17, 15) is 18.0 Å². The van der Waals surface area contributed by atoms with Gasteiger partial charge in [-0.05, 0) is 5.56 Å². The van der Waals surface area contributed by atoms with Crippen LogP contribution in [0.15, 0.2) is 30.3 Å². The number of alkyl halides is 4. The molecule has 16 heavy (non-hydrogen) atoms. The number of hydrogen-bond donors (Lipinski definition) is 1. The fourth-order valence-corrected chi connectivity index (χ4v) is 1.53. The summed E-state index contributed by atoms with van der Waals surface area (Å²) < 4.78 is 35.6. The maximum Gasteiger partial charge on any atom is 0.471 e. The molecule has 0 saturated heterocycles. The van der Waals surface area contributed by atoms with Crippen LogP contribution in [0.5, 0.6) is 0 Å². The van der Waals surface area contributed by atoms with Gasteiger partial charge in [0.05, 0.1) is 4.83 Å². The average Bonchev–Trinajstić information content (AvgIpc) is 2.25. The quantitative estimate of drug-likeness (QED) is 0.854. The van der Waals surface area contributed by atoms with Gasteiger partial charge < -0.3 is 5.32 Å². The van der Waals surface area contributed by atoms with Crippen LogP contribution in [0.25, 0.3) is 0 Å². The van der Waals surface area contributed by atoms with Crippen LogP contribution in [-0.4, -0.2) is 18.6 Å². The summed E-state index contributed by atoms with van der Waals surface area (Å²) >= 11 is 3.20. The van der Waals surface area contributed by atoms with Crippen LogP contribution in [0.2, 0.25) is 0 Å². The van der Waals surface area contributed by atoms with Crippen LogP contribution in [0, 0.1) is 0 Å². The molecule has 0 radical (unpaired) electrons. The SMILES string of the molecule is O=C(NCC(Br)c1ccccc1)C(F)(F)F. The zero-order valence-electron chi connectivity index (χ0n) is 8.09. The Balaban J connectivity index is 2.48. The maximum atomic E-state index is 11.9. The van der Waals surface area contributed by atoms with Crippen LogP contribution < -0.4 is 5.32 Å². The van der Waals surface area contributed by atoms with Gasteiger partial charge in [0.1, 0.15) is 0 Å². The molecule has 1 rings (SSSR count). The van der Waals surface area contributed by atoms with E-state index in [1.165, 1.54) is 0 Å². The number of hydrogen-bond acceptors (Lipinski definition) is 1. The van der Waals surface area contributed by atoms with E-state index in [2.05, 4.69) is 15.9 Å². The molecule has 0 spiro atoms. The van der Waals surface area contributed by atoms with Crippen molar-refractivity contribution in [1.82, 2.24) is 5.32 Å². The number of carbonyl (C=O) groups excluding carboxylic acids is 1. The molecule has 0 saturated carbocycles. The molecule has 1 unspecified atom stereocenters. The van der Waals surface area contributed by atoms with Crippen molar-refractivity contribution in [2.24, 2.45) is 0 Å². The monoisotopic (exact) mass is 295 g/mol. The summed E-state index contributed by atoms with van der Waals surface area (Å²) in [5.74, 6) is -1.92. The zero-order chi connectivity index (χ0) is 12.2. The third kappa shape index (κ3) is 3.84. The molecule has 88 valence electrons. The summed E-state index contributed by atoms with van der Waals surface area (Å²) in [5, 5.41) is 1.81. The van der Waals surface area contributed by atoms with Gasteiger partial charge in [0.2, 0.25) is 0 Å². The third-order valence-electron chi connectivity index (χ3n) is 1.86. The molecule has 0 aliphatic heterocycles. The lowest BCUT2D eigenvalue weighted by atomic mass is 10.1. The summed E-state index contributed by atoms with van der Waals surface area (Å²) in [4.78, 5) is 10.2. The number of carbonyl (C=O) groups is 1. The normalized spacial score (nSPS) is 13.2. The van der Waals surface area contributed by atoms with Crippen LogP contribution in [-0.2, 0) is 4.79 Å². The predicted octanol–water partition coefficient (Wildman–Crippen LogP) is 2.80. The topological polar surface area (TPSA) is 29.1 Å². The minimum absolute atomic E-state index is 0.109. The summed E-state index contributed by atoms with van der Waals surface area (Å²) in [5.41, 5.74) is 0.810. The van der Waals surface area contributed by atoms with Crippen molar-refractivity contribution in [2.75, 3.05) is 6.54 Å². The van der Waals surface area contributed by atoms with Crippen molar-refractivity contribution in [3.8, 4) is 0 Å². The third-order valence-corrected chi connectivity index (χ3v) is 2.71. The van der Waals surface area contributed by atoms with Crippen molar-refractivity contribution >= 4 is 21.8 Å². The van der Waals surface area contributed by atoms with Crippen molar-refractivity contribution in [2.45, 2.75) is 11.0 Å². The molecular weight excluding hydrogens is 287 g/mol. The molecule has 1 amide bonds. The number of amides is 1. The molecule has 0 bridgehead atoms. The lowest BCUT2D eigenvalue weighted by Gasteiger charge is -2.12. The van der Waals surface area contributed by atoms with E-state index in [1.807, 2.05) is 5.32 Å². The van der Waals surface area contributed by atoms with Crippen LogP contribution in [0.1, 0.15) is 10.4 Å². The Kier molecular flexibility index (Phi) is 4.35. The highest BCUT2D eigenvalue weighted by Gasteiger charge is 2.38. The minimum Gasteiger partial charge on any atom is -0.347 e. The van der Waals surface area contributed by atoms with E-state index in [0.29, 0.717) is 0 Å². The summed E-state index contributed by atoms with van der Waals surface area (Å²) in [6.07, 6.45) is -4.83. The fourth-order valence-electron chi connectivity index (χ4n) is 1.06. The zero-order valence-corrected chi connectivity index (χ0v) is 9.68. The Labute approximate surface area is 99.0 Å². The Bertz CT molecular complexity index is 353. The molecule has 1 atom stereocenters. The van der Waals surface area contributed by atoms with Gasteiger partial charge in [-0.3, -0.25) is 4.79 Å². The van der Waals surface area contributed by atoms with Gasteiger partial charge in [-0.1, -0.05) is 46.3 Å². The predicted molar refractivity (Wildman–Crippen MR) is 57.2 cm³/mol. The van der Waals surface area contributed by atoms with E-state index in [-0.39, 0.29) is 11.4 Å². The van der Waals surface area contributed by atoms with Gasteiger partial charge in [0, 0.05) is 6.54 Å². The second-order valence-electron chi connectivity index (χ2n) is 3.09. The molecule has 2 nitrogen and oxygen atoms in total. The first-order valence-corrected chi connectivity index (χ1v) is 5.37. The van der Waals surface area contributed by atoms with E-state index >= 15 is 0 Å². The van der Waals surface area contributed by atoms with Crippen molar-refractivity contribution < 1.29 is 18.0 Å². The molecule has 0 aromatic heterocycles. The van der Waals surface area contributed by atoms with Crippen LogP contribution >= 0.6 is 15.9 Å². The molecular formula is C10H9BrF3NO. The molecule has 0 heterocycles. The lowest BCUT2D eigenvalue weighted by Crippen LogP contribution is -2.38. The van der Waals surface area contributed by atoms with Crippen molar-refractivity contribution in [1.29, 1.82) is 0 Å². The smallest absolute Gasteiger partial charge is 0.347 e. The number of nitrogens with one attached hydrogen (secondary N) is 1. The molecule has 0 aliphatic carbocycles.